The minimum atomic E-state index is -0.373. The van der Waals surface area contributed by atoms with Crippen molar-refractivity contribution in [1.82, 2.24) is 9.55 Å². The number of amides is 1. The Morgan fingerprint density at radius 3 is 2.85 bits per heavy atom. The van der Waals surface area contributed by atoms with Gasteiger partial charge in [-0.2, -0.15) is 5.26 Å². The second-order valence-electron chi connectivity index (χ2n) is 5.69. The van der Waals surface area contributed by atoms with Gasteiger partial charge in [-0.15, -0.1) is 6.58 Å². The SMILES string of the molecule is C=CCn1c(S[C@@H](C)C(=O)Nc2ccccc2C#N)nc2ccccc21. The van der Waals surface area contributed by atoms with Gasteiger partial charge in [0.1, 0.15) is 6.07 Å². The van der Waals surface area contributed by atoms with Crippen LogP contribution in [0.4, 0.5) is 5.69 Å². The van der Waals surface area contributed by atoms with Crippen molar-refractivity contribution >= 4 is 34.4 Å². The first kappa shape index (κ1) is 17.8. The number of para-hydroxylation sites is 3. The van der Waals surface area contributed by atoms with Crippen molar-refractivity contribution in [3.63, 3.8) is 0 Å². The fraction of sp³-hybridized carbons (Fsp3) is 0.150. The molecule has 0 unspecified atom stereocenters. The third kappa shape index (κ3) is 3.63. The van der Waals surface area contributed by atoms with E-state index in [9.17, 15) is 4.79 Å². The quantitative estimate of drug-likeness (QED) is 0.527. The van der Waals surface area contributed by atoms with E-state index >= 15 is 0 Å². The van der Waals surface area contributed by atoms with Crippen molar-refractivity contribution in [2.75, 3.05) is 5.32 Å². The first-order chi connectivity index (χ1) is 12.6. The molecule has 3 rings (SSSR count). The monoisotopic (exact) mass is 362 g/mol. The van der Waals surface area contributed by atoms with Crippen molar-refractivity contribution in [3.8, 4) is 6.07 Å². The van der Waals surface area contributed by atoms with Crippen LogP contribution in [0.1, 0.15) is 12.5 Å². The molecular formula is C20H18N4OS. The van der Waals surface area contributed by atoms with Crippen molar-refractivity contribution in [1.29, 1.82) is 5.26 Å². The minimum Gasteiger partial charge on any atom is -0.324 e. The maximum atomic E-state index is 12.6. The van der Waals surface area contributed by atoms with Crippen LogP contribution in [0.3, 0.4) is 0 Å². The number of benzene rings is 2. The summed E-state index contributed by atoms with van der Waals surface area (Å²) < 4.78 is 2.04. The van der Waals surface area contributed by atoms with Gasteiger partial charge in [0.25, 0.3) is 0 Å². The highest BCUT2D eigenvalue weighted by Crippen LogP contribution is 2.28. The fourth-order valence-corrected chi connectivity index (χ4v) is 3.52. The Hall–Kier alpha value is -3.04. The summed E-state index contributed by atoms with van der Waals surface area (Å²) in [5.41, 5.74) is 2.86. The first-order valence-corrected chi connectivity index (χ1v) is 9.05. The van der Waals surface area contributed by atoms with Crippen LogP contribution in [0.5, 0.6) is 0 Å². The average molecular weight is 362 g/mol. The summed E-state index contributed by atoms with van der Waals surface area (Å²) in [5, 5.41) is 12.4. The second kappa shape index (κ2) is 7.89. The van der Waals surface area contributed by atoms with E-state index in [2.05, 4.69) is 22.9 Å². The van der Waals surface area contributed by atoms with Crippen LogP contribution in [0.25, 0.3) is 11.0 Å². The van der Waals surface area contributed by atoms with E-state index < -0.39 is 0 Å². The molecule has 0 aliphatic heterocycles. The zero-order valence-corrected chi connectivity index (χ0v) is 15.2. The van der Waals surface area contributed by atoms with Crippen LogP contribution in [0, 0.1) is 11.3 Å². The van der Waals surface area contributed by atoms with Crippen LogP contribution in [-0.2, 0) is 11.3 Å². The molecular weight excluding hydrogens is 344 g/mol. The van der Waals surface area contributed by atoms with Gasteiger partial charge in [-0.1, -0.05) is 42.1 Å². The summed E-state index contributed by atoms with van der Waals surface area (Å²) in [6.45, 7) is 6.25. The van der Waals surface area contributed by atoms with Crippen LogP contribution in [0.15, 0.2) is 66.3 Å². The number of fused-ring (bicyclic) bond motifs is 1. The second-order valence-corrected chi connectivity index (χ2v) is 7.00. The van der Waals surface area contributed by atoms with Crippen molar-refractivity contribution in [2.45, 2.75) is 23.9 Å². The number of carbonyl (C=O) groups excluding carboxylic acids is 1. The standard InChI is InChI=1S/C20H18N4OS/c1-3-12-24-18-11-7-6-10-17(18)23-20(24)26-14(2)19(25)22-16-9-5-4-8-15(16)13-21/h3-11,14H,1,12H2,2H3,(H,22,25)/t14-/m0/s1. The third-order valence-electron chi connectivity index (χ3n) is 3.89. The Bertz CT molecular complexity index is 1000. The van der Waals surface area contributed by atoms with Gasteiger partial charge < -0.3 is 9.88 Å². The van der Waals surface area contributed by atoms with Crippen molar-refractivity contribution in [2.24, 2.45) is 0 Å². The molecule has 0 saturated carbocycles. The highest BCUT2D eigenvalue weighted by atomic mass is 32.2. The Morgan fingerprint density at radius 2 is 2.08 bits per heavy atom. The number of nitrogens with one attached hydrogen (secondary N) is 1. The number of rotatable bonds is 6. The predicted molar refractivity (Wildman–Crippen MR) is 105 cm³/mol. The van der Waals surface area contributed by atoms with Gasteiger partial charge in [0.2, 0.25) is 5.91 Å². The van der Waals surface area contributed by atoms with Gasteiger partial charge >= 0.3 is 0 Å². The molecule has 2 aromatic carbocycles. The van der Waals surface area contributed by atoms with E-state index in [0.717, 1.165) is 16.2 Å². The molecule has 0 spiro atoms. The van der Waals surface area contributed by atoms with Crippen LogP contribution < -0.4 is 5.32 Å². The summed E-state index contributed by atoms with van der Waals surface area (Å²) >= 11 is 1.39. The third-order valence-corrected chi connectivity index (χ3v) is 4.98. The molecule has 6 heteroatoms. The van der Waals surface area contributed by atoms with Gasteiger partial charge in [0.05, 0.1) is 27.5 Å². The van der Waals surface area contributed by atoms with Crippen molar-refractivity contribution in [3.05, 3.63) is 66.7 Å². The van der Waals surface area contributed by atoms with Gasteiger partial charge in [-0.25, -0.2) is 4.98 Å². The molecule has 0 bridgehead atoms. The Labute approximate surface area is 156 Å². The zero-order valence-electron chi connectivity index (χ0n) is 14.3. The highest BCUT2D eigenvalue weighted by Gasteiger charge is 2.20. The summed E-state index contributed by atoms with van der Waals surface area (Å²) in [5.74, 6) is -0.171. The largest absolute Gasteiger partial charge is 0.324 e. The lowest BCUT2D eigenvalue weighted by atomic mass is 10.2. The Morgan fingerprint density at radius 1 is 1.35 bits per heavy atom. The Kier molecular flexibility index (Phi) is 5.40. The molecule has 26 heavy (non-hydrogen) atoms. The molecule has 1 N–H and O–H groups in total. The van der Waals surface area contributed by atoms with Crippen LogP contribution in [-0.4, -0.2) is 20.7 Å². The number of hydrogen-bond donors (Lipinski definition) is 1. The lowest BCUT2D eigenvalue weighted by Gasteiger charge is -2.13. The number of imidazole rings is 1. The van der Waals surface area contributed by atoms with E-state index in [4.69, 9.17) is 5.26 Å². The van der Waals surface area contributed by atoms with Gasteiger partial charge in [0.15, 0.2) is 5.16 Å². The molecule has 5 nitrogen and oxygen atoms in total. The maximum Gasteiger partial charge on any atom is 0.237 e. The lowest BCUT2D eigenvalue weighted by molar-refractivity contribution is -0.115. The highest BCUT2D eigenvalue weighted by molar-refractivity contribution is 8.00. The number of carbonyl (C=O) groups is 1. The van der Waals surface area contributed by atoms with Crippen LogP contribution in [0.2, 0.25) is 0 Å². The number of anilines is 1. The minimum absolute atomic E-state index is 0.171. The van der Waals surface area contributed by atoms with E-state index in [-0.39, 0.29) is 11.2 Å². The van der Waals surface area contributed by atoms with Crippen LogP contribution >= 0.6 is 11.8 Å². The predicted octanol–water partition coefficient (Wildman–Crippen LogP) is 4.21. The molecule has 0 aliphatic carbocycles. The van der Waals surface area contributed by atoms with E-state index in [1.54, 1.807) is 24.3 Å². The summed E-state index contributed by atoms with van der Waals surface area (Å²) in [7, 11) is 0. The van der Waals surface area contributed by atoms with Crippen molar-refractivity contribution < 1.29 is 4.79 Å². The molecule has 0 radical (unpaired) electrons. The van der Waals surface area contributed by atoms with Gasteiger partial charge in [-0.05, 0) is 31.2 Å². The van der Waals surface area contributed by atoms with E-state index in [1.165, 1.54) is 11.8 Å². The topological polar surface area (TPSA) is 70.7 Å². The van der Waals surface area contributed by atoms with Gasteiger partial charge in [0, 0.05) is 6.54 Å². The molecule has 1 aromatic heterocycles. The van der Waals surface area contributed by atoms with E-state index in [0.29, 0.717) is 17.8 Å². The average Bonchev–Trinajstić information content (AvgIpc) is 3.00. The summed E-state index contributed by atoms with van der Waals surface area (Å²) in [4.78, 5) is 17.2. The molecule has 0 saturated heterocycles. The number of nitriles is 1. The Balaban J connectivity index is 1.81. The fourth-order valence-electron chi connectivity index (χ4n) is 2.58. The van der Waals surface area contributed by atoms with E-state index in [1.807, 2.05) is 41.8 Å². The molecule has 1 heterocycles. The molecule has 0 fully saturated rings. The molecule has 0 aliphatic rings. The number of hydrogen-bond acceptors (Lipinski definition) is 4. The smallest absolute Gasteiger partial charge is 0.237 e. The summed E-state index contributed by atoms with van der Waals surface area (Å²) in [6, 6.07) is 16.9. The maximum absolute atomic E-state index is 12.6. The molecule has 1 amide bonds. The zero-order chi connectivity index (χ0) is 18.5. The molecule has 130 valence electrons. The molecule has 1 atom stereocenters. The van der Waals surface area contributed by atoms with Gasteiger partial charge in [-0.3, -0.25) is 4.79 Å². The number of allylic oxidation sites excluding steroid dienone is 1. The summed E-state index contributed by atoms with van der Waals surface area (Å²) in [6.07, 6.45) is 1.81. The first-order valence-electron chi connectivity index (χ1n) is 8.17. The normalized spacial score (nSPS) is 11.7. The number of nitrogens with zero attached hydrogens (tertiary/aromatic N) is 3. The lowest BCUT2D eigenvalue weighted by Crippen LogP contribution is -2.23. The number of thioether (sulfide) groups is 1. The number of aromatic nitrogens is 2. The molecule has 3 aromatic rings.